The van der Waals surface area contributed by atoms with Crippen LogP contribution in [0.25, 0.3) is 0 Å². The Kier molecular flexibility index (Phi) is 4.30. The van der Waals surface area contributed by atoms with Crippen LogP contribution in [0.2, 0.25) is 5.02 Å². The molecule has 1 aliphatic rings. The summed E-state index contributed by atoms with van der Waals surface area (Å²) in [4.78, 5) is 12.2. The fraction of sp³-hybridized carbons (Fsp3) is 0.500. The Hall–Kier alpha value is -1.00. The standard InChI is InChI=1S/C12H15Cl2N3O/c1-8(13)5-15-11-10(14)6-16-17(12(11)18)7-9-3-2-4-9/h6,9,15H,1-5,7H2. The van der Waals surface area contributed by atoms with Gasteiger partial charge in [-0.2, -0.15) is 5.10 Å². The fourth-order valence-electron chi connectivity index (χ4n) is 1.86. The number of hydrogen-bond acceptors (Lipinski definition) is 3. The molecule has 2 rings (SSSR count). The third-order valence-electron chi connectivity index (χ3n) is 3.11. The molecule has 6 heteroatoms. The molecular weight excluding hydrogens is 273 g/mol. The number of hydrogen-bond donors (Lipinski definition) is 1. The van der Waals surface area contributed by atoms with Crippen LogP contribution in [0.15, 0.2) is 22.6 Å². The lowest BCUT2D eigenvalue weighted by Crippen LogP contribution is -2.31. The second-order valence-electron chi connectivity index (χ2n) is 4.52. The quantitative estimate of drug-likeness (QED) is 0.906. The third-order valence-corrected chi connectivity index (χ3v) is 3.53. The highest BCUT2D eigenvalue weighted by Crippen LogP contribution is 2.27. The molecule has 0 saturated heterocycles. The van der Waals surface area contributed by atoms with Crippen LogP contribution in [0.3, 0.4) is 0 Å². The summed E-state index contributed by atoms with van der Waals surface area (Å²) in [5, 5.41) is 7.69. The smallest absolute Gasteiger partial charge is 0.291 e. The average molecular weight is 288 g/mol. The van der Waals surface area contributed by atoms with E-state index in [0.29, 0.717) is 34.7 Å². The van der Waals surface area contributed by atoms with Crippen molar-refractivity contribution in [3.63, 3.8) is 0 Å². The number of nitrogens with zero attached hydrogens (tertiary/aromatic N) is 2. The van der Waals surface area contributed by atoms with Gasteiger partial charge in [-0.05, 0) is 18.8 Å². The third kappa shape index (κ3) is 3.06. The summed E-state index contributed by atoms with van der Waals surface area (Å²) in [6.07, 6.45) is 5.06. The SMILES string of the molecule is C=C(Cl)CNc1c(Cl)cnn(CC2CCC2)c1=O. The first kappa shape index (κ1) is 13.4. The first-order valence-corrected chi connectivity index (χ1v) is 6.66. The molecule has 0 aromatic carbocycles. The maximum atomic E-state index is 12.2. The lowest BCUT2D eigenvalue weighted by molar-refractivity contribution is 0.262. The van der Waals surface area contributed by atoms with Gasteiger partial charge in [-0.3, -0.25) is 4.79 Å². The Morgan fingerprint density at radius 1 is 1.61 bits per heavy atom. The molecule has 1 aromatic heterocycles. The van der Waals surface area contributed by atoms with Crippen molar-refractivity contribution in [2.24, 2.45) is 5.92 Å². The average Bonchev–Trinajstić information content (AvgIpc) is 2.25. The summed E-state index contributed by atoms with van der Waals surface area (Å²) in [6, 6.07) is 0. The summed E-state index contributed by atoms with van der Waals surface area (Å²) in [7, 11) is 0. The van der Waals surface area contributed by atoms with Gasteiger partial charge in [0.25, 0.3) is 5.56 Å². The maximum absolute atomic E-state index is 12.2. The number of rotatable bonds is 5. The van der Waals surface area contributed by atoms with Crippen LogP contribution in [0.1, 0.15) is 19.3 Å². The molecular formula is C12H15Cl2N3O. The van der Waals surface area contributed by atoms with E-state index in [1.54, 1.807) is 0 Å². The molecule has 1 aliphatic carbocycles. The Morgan fingerprint density at radius 2 is 2.33 bits per heavy atom. The molecule has 0 unspecified atom stereocenters. The van der Waals surface area contributed by atoms with E-state index in [-0.39, 0.29) is 5.56 Å². The maximum Gasteiger partial charge on any atom is 0.291 e. The van der Waals surface area contributed by atoms with Crippen molar-refractivity contribution in [3.8, 4) is 0 Å². The van der Waals surface area contributed by atoms with Crippen LogP contribution in [0.5, 0.6) is 0 Å². The van der Waals surface area contributed by atoms with Gasteiger partial charge in [0, 0.05) is 11.6 Å². The molecule has 1 fully saturated rings. The highest BCUT2D eigenvalue weighted by molar-refractivity contribution is 6.33. The Labute approximate surface area is 116 Å². The van der Waals surface area contributed by atoms with Crippen LogP contribution in [-0.2, 0) is 6.54 Å². The van der Waals surface area contributed by atoms with Crippen molar-refractivity contribution in [1.82, 2.24) is 9.78 Å². The molecule has 4 nitrogen and oxygen atoms in total. The van der Waals surface area contributed by atoms with Crippen molar-refractivity contribution in [2.45, 2.75) is 25.8 Å². The van der Waals surface area contributed by atoms with E-state index in [2.05, 4.69) is 17.0 Å². The Morgan fingerprint density at radius 3 is 2.89 bits per heavy atom. The molecule has 1 heterocycles. The Bertz CT molecular complexity index is 509. The Balaban J connectivity index is 2.18. The lowest BCUT2D eigenvalue weighted by Gasteiger charge is -2.25. The van der Waals surface area contributed by atoms with Crippen molar-refractivity contribution >= 4 is 28.9 Å². The van der Waals surface area contributed by atoms with Gasteiger partial charge in [0.05, 0.1) is 17.8 Å². The lowest BCUT2D eigenvalue weighted by atomic mass is 9.85. The van der Waals surface area contributed by atoms with Crippen LogP contribution in [0, 0.1) is 5.92 Å². The first-order valence-electron chi connectivity index (χ1n) is 5.90. The molecule has 0 bridgehead atoms. The van der Waals surface area contributed by atoms with Gasteiger partial charge in [-0.25, -0.2) is 4.68 Å². The van der Waals surface area contributed by atoms with Crippen LogP contribution in [-0.4, -0.2) is 16.3 Å². The molecule has 0 atom stereocenters. The van der Waals surface area contributed by atoms with Crippen molar-refractivity contribution in [2.75, 3.05) is 11.9 Å². The van der Waals surface area contributed by atoms with E-state index in [1.165, 1.54) is 17.3 Å². The number of halogens is 2. The minimum atomic E-state index is -0.202. The van der Waals surface area contributed by atoms with E-state index < -0.39 is 0 Å². The van der Waals surface area contributed by atoms with E-state index in [4.69, 9.17) is 23.2 Å². The highest BCUT2D eigenvalue weighted by Gasteiger charge is 2.20. The van der Waals surface area contributed by atoms with Gasteiger partial charge < -0.3 is 5.32 Å². The van der Waals surface area contributed by atoms with E-state index in [9.17, 15) is 4.79 Å². The normalized spacial score (nSPS) is 15.2. The number of anilines is 1. The summed E-state index contributed by atoms with van der Waals surface area (Å²) in [5.74, 6) is 0.562. The zero-order chi connectivity index (χ0) is 13.1. The minimum Gasteiger partial charge on any atom is -0.374 e. The summed E-state index contributed by atoms with van der Waals surface area (Å²) in [5.41, 5.74) is 0.139. The van der Waals surface area contributed by atoms with Gasteiger partial charge >= 0.3 is 0 Å². The zero-order valence-corrected chi connectivity index (χ0v) is 11.5. The summed E-state index contributed by atoms with van der Waals surface area (Å²) < 4.78 is 1.47. The molecule has 98 valence electrons. The summed E-state index contributed by atoms with van der Waals surface area (Å²) >= 11 is 11.6. The van der Waals surface area contributed by atoms with E-state index in [1.807, 2.05) is 0 Å². The molecule has 1 saturated carbocycles. The molecule has 0 spiro atoms. The highest BCUT2D eigenvalue weighted by atomic mass is 35.5. The fourth-order valence-corrected chi connectivity index (χ4v) is 2.12. The molecule has 0 amide bonds. The van der Waals surface area contributed by atoms with Crippen molar-refractivity contribution < 1.29 is 0 Å². The summed E-state index contributed by atoms with van der Waals surface area (Å²) in [6.45, 7) is 4.53. The topological polar surface area (TPSA) is 46.9 Å². The first-order chi connectivity index (χ1) is 8.58. The van der Waals surface area contributed by atoms with Gasteiger partial charge in [-0.1, -0.05) is 36.2 Å². The zero-order valence-electron chi connectivity index (χ0n) is 9.96. The second-order valence-corrected chi connectivity index (χ2v) is 5.46. The second kappa shape index (κ2) is 5.76. The predicted molar refractivity (Wildman–Crippen MR) is 74.3 cm³/mol. The van der Waals surface area contributed by atoms with Crippen LogP contribution < -0.4 is 10.9 Å². The van der Waals surface area contributed by atoms with Gasteiger partial charge in [0.15, 0.2) is 0 Å². The van der Waals surface area contributed by atoms with Crippen molar-refractivity contribution in [1.29, 1.82) is 0 Å². The monoisotopic (exact) mass is 287 g/mol. The van der Waals surface area contributed by atoms with Crippen molar-refractivity contribution in [3.05, 3.63) is 33.2 Å². The van der Waals surface area contributed by atoms with Crippen LogP contribution >= 0.6 is 23.2 Å². The molecule has 0 aliphatic heterocycles. The van der Waals surface area contributed by atoms with Gasteiger partial charge in [0.1, 0.15) is 5.69 Å². The number of aromatic nitrogens is 2. The van der Waals surface area contributed by atoms with E-state index >= 15 is 0 Å². The molecule has 18 heavy (non-hydrogen) atoms. The minimum absolute atomic E-state index is 0.202. The largest absolute Gasteiger partial charge is 0.374 e. The molecule has 1 aromatic rings. The van der Waals surface area contributed by atoms with Gasteiger partial charge in [0.2, 0.25) is 0 Å². The number of nitrogens with one attached hydrogen (secondary N) is 1. The van der Waals surface area contributed by atoms with Crippen LogP contribution in [0.4, 0.5) is 5.69 Å². The molecule has 1 N–H and O–H groups in total. The van der Waals surface area contributed by atoms with E-state index in [0.717, 1.165) is 12.8 Å². The van der Waals surface area contributed by atoms with Gasteiger partial charge in [-0.15, -0.1) is 0 Å². The predicted octanol–water partition coefficient (Wildman–Crippen LogP) is 2.86. The molecule has 0 radical (unpaired) electrons.